The van der Waals surface area contributed by atoms with Crippen LogP contribution in [0.4, 0.5) is 5.13 Å². The molecule has 1 amide bonds. The normalized spacial score (nSPS) is 12.2. The number of H-pyrrole nitrogens is 1. The minimum atomic E-state index is -0.791. The number of thiazole rings is 1. The number of carbonyl (C=O) groups is 1. The van der Waals surface area contributed by atoms with Gasteiger partial charge in [0.15, 0.2) is 5.13 Å². The van der Waals surface area contributed by atoms with Gasteiger partial charge in [-0.3, -0.25) is 9.89 Å². The molecule has 4 aromatic rings. The monoisotopic (exact) mass is 383 g/mol. The van der Waals surface area contributed by atoms with Gasteiger partial charge in [-0.15, -0.1) is 0 Å². The van der Waals surface area contributed by atoms with Crippen LogP contribution in [0.1, 0.15) is 11.6 Å². The largest absolute Gasteiger partial charge is 0.316 e. The van der Waals surface area contributed by atoms with Gasteiger partial charge in [0, 0.05) is 16.8 Å². The van der Waals surface area contributed by atoms with Crippen LogP contribution in [0.2, 0.25) is 5.02 Å². The minimum Gasteiger partial charge on any atom is -0.316 e. The fraction of sp³-hybridized carbons (Fsp3) is 0.0556. The Hall–Kier alpha value is -2.74. The number of nitrogens with zero attached hydrogens (tertiary/aromatic N) is 2. The van der Waals surface area contributed by atoms with Crippen LogP contribution in [0.15, 0.2) is 54.9 Å². The van der Waals surface area contributed by atoms with E-state index in [4.69, 9.17) is 17.3 Å². The number of fused-ring (bicyclic) bond motifs is 1. The predicted molar refractivity (Wildman–Crippen MR) is 104 cm³/mol. The molecule has 0 fully saturated rings. The van der Waals surface area contributed by atoms with Crippen molar-refractivity contribution in [2.24, 2.45) is 5.73 Å². The molecule has 4 rings (SSSR count). The second-order valence-corrected chi connectivity index (χ2v) is 7.17. The topological polar surface area (TPSA) is 96.7 Å². The Balaban J connectivity index is 1.55. The van der Waals surface area contributed by atoms with Gasteiger partial charge >= 0.3 is 0 Å². The minimum absolute atomic E-state index is 0.318. The summed E-state index contributed by atoms with van der Waals surface area (Å²) >= 11 is 7.27. The van der Waals surface area contributed by atoms with Crippen LogP contribution in [0.3, 0.4) is 0 Å². The number of nitrogens with one attached hydrogen (secondary N) is 2. The Morgan fingerprint density at radius 2 is 2.00 bits per heavy atom. The maximum Gasteiger partial charge on any atom is 0.247 e. The molecule has 0 saturated carbocycles. The number of hydrogen-bond donors (Lipinski definition) is 3. The zero-order valence-electron chi connectivity index (χ0n) is 13.4. The number of carbonyl (C=O) groups excluding carboxylic acids is 1. The molecule has 0 bridgehead atoms. The van der Waals surface area contributed by atoms with E-state index in [0.717, 1.165) is 21.3 Å². The van der Waals surface area contributed by atoms with Crippen molar-refractivity contribution >= 4 is 44.2 Å². The fourth-order valence-electron chi connectivity index (χ4n) is 2.57. The van der Waals surface area contributed by atoms with E-state index in [9.17, 15) is 4.79 Å². The number of aromatic amines is 1. The summed E-state index contributed by atoms with van der Waals surface area (Å²) in [4.78, 5) is 16.9. The zero-order valence-corrected chi connectivity index (χ0v) is 15.0. The smallest absolute Gasteiger partial charge is 0.247 e. The Bertz CT molecular complexity index is 1060. The number of anilines is 1. The Morgan fingerprint density at radius 3 is 2.73 bits per heavy atom. The highest BCUT2D eigenvalue weighted by Crippen LogP contribution is 2.30. The molecule has 6 nitrogen and oxygen atoms in total. The highest BCUT2D eigenvalue weighted by atomic mass is 35.5. The molecule has 0 aliphatic heterocycles. The van der Waals surface area contributed by atoms with Gasteiger partial charge in [-0.1, -0.05) is 41.1 Å². The van der Waals surface area contributed by atoms with Crippen LogP contribution in [0, 0.1) is 0 Å². The fourth-order valence-corrected chi connectivity index (χ4v) is 3.61. The molecule has 2 heterocycles. The molecule has 0 radical (unpaired) electrons. The van der Waals surface area contributed by atoms with E-state index < -0.39 is 6.04 Å². The van der Waals surface area contributed by atoms with Gasteiger partial charge in [-0.05, 0) is 35.4 Å². The third-order valence-electron chi connectivity index (χ3n) is 3.96. The summed E-state index contributed by atoms with van der Waals surface area (Å²) in [7, 11) is 0. The summed E-state index contributed by atoms with van der Waals surface area (Å²) < 4.78 is 0.971. The molecular weight excluding hydrogens is 370 g/mol. The molecule has 2 aromatic heterocycles. The van der Waals surface area contributed by atoms with E-state index in [0.29, 0.717) is 15.7 Å². The number of aromatic nitrogens is 3. The van der Waals surface area contributed by atoms with Gasteiger partial charge in [0.25, 0.3) is 0 Å². The third-order valence-corrected chi connectivity index (χ3v) is 5.15. The van der Waals surface area contributed by atoms with Crippen LogP contribution >= 0.6 is 22.9 Å². The van der Waals surface area contributed by atoms with Crippen molar-refractivity contribution in [3.05, 3.63) is 65.4 Å². The third kappa shape index (κ3) is 3.32. The van der Waals surface area contributed by atoms with Crippen LogP contribution in [0.5, 0.6) is 0 Å². The van der Waals surface area contributed by atoms with Crippen molar-refractivity contribution in [3.8, 4) is 11.1 Å². The SMILES string of the molecule is NC(C(=O)Nc1nc2ccc(-c3cn[nH]c3)cc2s1)c1ccc(Cl)cc1. The first-order valence-corrected chi connectivity index (χ1v) is 9.01. The summed E-state index contributed by atoms with van der Waals surface area (Å²) in [6.07, 6.45) is 3.59. The quantitative estimate of drug-likeness (QED) is 0.496. The molecule has 26 heavy (non-hydrogen) atoms. The van der Waals surface area contributed by atoms with Crippen LogP contribution < -0.4 is 11.1 Å². The highest BCUT2D eigenvalue weighted by Gasteiger charge is 2.17. The molecule has 0 spiro atoms. The number of halogens is 1. The number of benzene rings is 2. The molecule has 1 atom stereocenters. The number of rotatable bonds is 4. The standard InChI is InChI=1S/C18H14ClN5OS/c19-13-4-1-10(2-5-13)16(20)17(25)24-18-23-14-6-3-11(7-15(14)26-18)12-8-21-22-9-12/h1-9,16H,20H2,(H,21,22)(H,23,24,25). The van der Waals surface area contributed by atoms with Gasteiger partial charge in [0.2, 0.25) is 5.91 Å². The highest BCUT2D eigenvalue weighted by molar-refractivity contribution is 7.22. The average Bonchev–Trinajstić information content (AvgIpc) is 3.30. The number of amides is 1. The van der Waals surface area contributed by atoms with E-state index in [2.05, 4.69) is 20.5 Å². The lowest BCUT2D eigenvalue weighted by Crippen LogP contribution is -2.27. The van der Waals surface area contributed by atoms with E-state index in [1.165, 1.54) is 11.3 Å². The Labute approximate surface area is 158 Å². The average molecular weight is 384 g/mol. The number of nitrogens with two attached hydrogens (primary N) is 1. The lowest BCUT2D eigenvalue weighted by atomic mass is 10.1. The summed E-state index contributed by atoms with van der Waals surface area (Å²) in [5, 5.41) is 10.7. The van der Waals surface area contributed by atoms with Gasteiger partial charge in [-0.25, -0.2) is 4.98 Å². The van der Waals surface area contributed by atoms with Crippen molar-refractivity contribution in [3.63, 3.8) is 0 Å². The summed E-state index contributed by atoms with van der Waals surface area (Å²) in [5.41, 5.74) is 9.57. The van der Waals surface area contributed by atoms with Gasteiger partial charge < -0.3 is 11.1 Å². The van der Waals surface area contributed by atoms with E-state index in [1.807, 2.05) is 24.4 Å². The van der Waals surface area contributed by atoms with Crippen molar-refractivity contribution in [1.29, 1.82) is 0 Å². The summed E-state index contributed by atoms with van der Waals surface area (Å²) in [6.45, 7) is 0. The van der Waals surface area contributed by atoms with Crippen LogP contribution in [0.25, 0.3) is 21.3 Å². The van der Waals surface area contributed by atoms with Crippen molar-refractivity contribution in [1.82, 2.24) is 15.2 Å². The van der Waals surface area contributed by atoms with Gasteiger partial charge in [-0.2, -0.15) is 5.10 Å². The zero-order chi connectivity index (χ0) is 18.1. The van der Waals surface area contributed by atoms with Crippen molar-refractivity contribution in [2.75, 3.05) is 5.32 Å². The lowest BCUT2D eigenvalue weighted by Gasteiger charge is -2.10. The van der Waals surface area contributed by atoms with Crippen molar-refractivity contribution in [2.45, 2.75) is 6.04 Å². The van der Waals surface area contributed by atoms with E-state index >= 15 is 0 Å². The van der Waals surface area contributed by atoms with Gasteiger partial charge in [0.1, 0.15) is 6.04 Å². The lowest BCUT2D eigenvalue weighted by molar-refractivity contribution is -0.117. The molecule has 2 aromatic carbocycles. The van der Waals surface area contributed by atoms with E-state index in [1.54, 1.807) is 30.5 Å². The summed E-state index contributed by atoms with van der Waals surface area (Å²) in [6, 6.07) is 12.0. The van der Waals surface area contributed by atoms with E-state index in [-0.39, 0.29) is 5.91 Å². The van der Waals surface area contributed by atoms with Gasteiger partial charge in [0.05, 0.1) is 16.4 Å². The molecule has 0 saturated heterocycles. The Morgan fingerprint density at radius 1 is 1.19 bits per heavy atom. The second-order valence-electron chi connectivity index (χ2n) is 5.71. The maximum absolute atomic E-state index is 12.4. The maximum atomic E-state index is 12.4. The first-order chi connectivity index (χ1) is 12.6. The first-order valence-electron chi connectivity index (χ1n) is 7.82. The molecule has 8 heteroatoms. The predicted octanol–water partition coefficient (Wildman–Crippen LogP) is 3.98. The molecular formula is C18H14ClN5OS. The second kappa shape index (κ2) is 6.87. The van der Waals surface area contributed by atoms with Crippen molar-refractivity contribution < 1.29 is 4.79 Å². The van der Waals surface area contributed by atoms with Crippen LogP contribution in [-0.4, -0.2) is 21.1 Å². The Kier molecular flexibility index (Phi) is 4.42. The molecule has 0 aliphatic carbocycles. The molecule has 130 valence electrons. The molecule has 0 aliphatic rings. The summed E-state index contributed by atoms with van der Waals surface area (Å²) in [5.74, 6) is -0.318. The first kappa shape index (κ1) is 16.7. The number of hydrogen-bond acceptors (Lipinski definition) is 5. The van der Waals surface area contributed by atoms with Crippen LogP contribution in [-0.2, 0) is 4.79 Å². The molecule has 1 unspecified atom stereocenters. The molecule has 4 N–H and O–H groups in total.